The summed E-state index contributed by atoms with van der Waals surface area (Å²) >= 11 is 0. The van der Waals surface area contributed by atoms with Crippen LogP contribution in [-0.2, 0) is 9.59 Å². The van der Waals surface area contributed by atoms with Crippen molar-refractivity contribution in [1.82, 2.24) is 10.2 Å². The second-order valence-electron chi connectivity index (χ2n) is 5.35. The number of nitrogens with one attached hydrogen (secondary N) is 1. The zero-order valence-electron chi connectivity index (χ0n) is 11.3. The van der Waals surface area contributed by atoms with Crippen LogP contribution >= 0.6 is 0 Å². The van der Waals surface area contributed by atoms with Gasteiger partial charge in [0.15, 0.2) is 5.78 Å². The molecule has 4 heteroatoms. The topological polar surface area (TPSA) is 49.4 Å². The van der Waals surface area contributed by atoms with Crippen LogP contribution in [0.3, 0.4) is 0 Å². The van der Waals surface area contributed by atoms with Crippen molar-refractivity contribution in [1.29, 1.82) is 0 Å². The summed E-state index contributed by atoms with van der Waals surface area (Å²) in [5.41, 5.74) is 0. The summed E-state index contributed by atoms with van der Waals surface area (Å²) in [6.45, 7) is 6.61. The van der Waals surface area contributed by atoms with Crippen molar-refractivity contribution in [3.63, 3.8) is 0 Å². The van der Waals surface area contributed by atoms with Crippen LogP contribution in [0.2, 0.25) is 0 Å². The highest BCUT2D eigenvalue weighted by Gasteiger charge is 2.31. The monoisotopic (exact) mass is 240 g/mol. The fraction of sp³-hybridized carbons (Fsp3) is 0.846. The maximum Gasteiger partial charge on any atom is 0.240 e. The number of rotatable bonds is 5. The first kappa shape index (κ1) is 14.2. The molecule has 1 aliphatic heterocycles. The highest BCUT2D eigenvalue weighted by Crippen LogP contribution is 2.15. The molecule has 2 atom stereocenters. The molecular formula is C13H24N2O2. The molecular weight excluding hydrogens is 216 g/mol. The summed E-state index contributed by atoms with van der Waals surface area (Å²) in [6.07, 6.45) is 2.67. The Morgan fingerprint density at radius 3 is 2.47 bits per heavy atom. The number of Topliss-reactive ketones (excluding diaryl/α,β-unsaturated/α-hetero) is 1. The second-order valence-corrected chi connectivity index (χ2v) is 5.35. The van der Waals surface area contributed by atoms with Crippen LogP contribution < -0.4 is 5.32 Å². The first-order valence-corrected chi connectivity index (χ1v) is 6.44. The van der Waals surface area contributed by atoms with Crippen LogP contribution in [0.5, 0.6) is 0 Å². The van der Waals surface area contributed by atoms with E-state index < -0.39 is 0 Å². The number of likely N-dealkylation sites (N-methyl/N-ethyl adjacent to an activating group) is 1. The van der Waals surface area contributed by atoms with Gasteiger partial charge in [0.05, 0.1) is 12.1 Å². The Morgan fingerprint density at radius 1 is 1.41 bits per heavy atom. The lowest BCUT2D eigenvalue weighted by molar-refractivity contribution is -0.139. The SMILES string of the molecule is CC(=O)C(CC(C)C)N(C)C(=O)C1CCCN1. The van der Waals surface area contributed by atoms with Crippen molar-refractivity contribution in [2.24, 2.45) is 5.92 Å². The van der Waals surface area contributed by atoms with Gasteiger partial charge in [-0.2, -0.15) is 0 Å². The van der Waals surface area contributed by atoms with Gasteiger partial charge in [0.1, 0.15) is 0 Å². The molecule has 98 valence electrons. The van der Waals surface area contributed by atoms with Crippen LogP contribution in [0.25, 0.3) is 0 Å². The van der Waals surface area contributed by atoms with E-state index in [2.05, 4.69) is 19.2 Å². The van der Waals surface area contributed by atoms with Gasteiger partial charge in [-0.3, -0.25) is 9.59 Å². The van der Waals surface area contributed by atoms with Gasteiger partial charge in [-0.05, 0) is 38.6 Å². The Labute approximate surface area is 104 Å². The van der Waals surface area contributed by atoms with Gasteiger partial charge in [-0.15, -0.1) is 0 Å². The third-order valence-electron chi connectivity index (χ3n) is 3.34. The predicted molar refractivity (Wildman–Crippen MR) is 67.7 cm³/mol. The lowest BCUT2D eigenvalue weighted by Crippen LogP contribution is -2.49. The van der Waals surface area contributed by atoms with E-state index in [1.165, 1.54) is 0 Å². The Morgan fingerprint density at radius 2 is 2.06 bits per heavy atom. The summed E-state index contributed by atoms with van der Waals surface area (Å²) in [5, 5.41) is 3.18. The van der Waals surface area contributed by atoms with E-state index in [0.717, 1.165) is 25.8 Å². The van der Waals surface area contributed by atoms with E-state index in [1.54, 1.807) is 18.9 Å². The standard InChI is InChI=1S/C13H24N2O2/c1-9(2)8-12(10(3)16)15(4)13(17)11-6-5-7-14-11/h9,11-12,14H,5-8H2,1-4H3. The summed E-state index contributed by atoms with van der Waals surface area (Å²) in [4.78, 5) is 25.4. The average Bonchev–Trinajstić information content (AvgIpc) is 2.76. The van der Waals surface area contributed by atoms with Gasteiger partial charge in [-0.1, -0.05) is 13.8 Å². The lowest BCUT2D eigenvalue weighted by Gasteiger charge is -2.29. The van der Waals surface area contributed by atoms with Crippen molar-refractivity contribution in [3.05, 3.63) is 0 Å². The van der Waals surface area contributed by atoms with Gasteiger partial charge in [0, 0.05) is 7.05 Å². The number of hydrogen-bond donors (Lipinski definition) is 1. The van der Waals surface area contributed by atoms with E-state index in [1.807, 2.05) is 0 Å². The summed E-state index contributed by atoms with van der Waals surface area (Å²) in [7, 11) is 1.75. The van der Waals surface area contributed by atoms with Crippen molar-refractivity contribution in [3.8, 4) is 0 Å². The number of amides is 1. The van der Waals surface area contributed by atoms with E-state index in [9.17, 15) is 9.59 Å². The minimum atomic E-state index is -0.273. The Balaban J connectivity index is 2.65. The number of ketones is 1. The molecule has 4 nitrogen and oxygen atoms in total. The molecule has 1 saturated heterocycles. The Bertz CT molecular complexity index is 283. The molecule has 17 heavy (non-hydrogen) atoms. The molecule has 0 aromatic carbocycles. The lowest BCUT2D eigenvalue weighted by atomic mass is 9.99. The molecule has 1 amide bonds. The first-order chi connectivity index (χ1) is 7.93. The van der Waals surface area contributed by atoms with Crippen molar-refractivity contribution in [2.45, 2.75) is 52.1 Å². The third-order valence-corrected chi connectivity index (χ3v) is 3.34. The van der Waals surface area contributed by atoms with Gasteiger partial charge < -0.3 is 10.2 Å². The second kappa shape index (κ2) is 6.15. The van der Waals surface area contributed by atoms with Crippen molar-refractivity contribution >= 4 is 11.7 Å². The van der Waals surface area contributed by atoms with Crippen LogP contribution in [0.15, 0.2) is 0 Å². The molecule has 0 aromatic heterocycles. The van der Waals surface area contributed by atoms with Crippen LogP contribution in [-0.4, -0.2) is 42.3 Å². The van der Waals surface area contributed by atoms with Crippen LogP contribution in [0.4, 0.5) is 0 Å². The zero-order valence-corrected chi connectivity index (χ0v) is 11.3. The molecule has 1 rings (SSSR count). The minimum Gasteiger partial charge on any atom is -0.334 e. The Hall–Kier alpha value is -0.900. The molecule has 0 spiro atoms. The maximum absolute atomic E-state index is 12.2. The average molecular weight is 240 g/mol. The van der Waals surface area contributed by atoms with Gasteiger partial charge >= 0.3 is 0 Å². The van der Waals surface area contributed by atoms with Crippen LogP contribution in [0.1, 0.15) is 40.0 Å². The molecule has 0 radical (unpaired) electrons. The maximum atomic E-state index is 12.2. The molecule has 1 aliphatic rings. The van der Waals surface area contributed by atoms with Gasteiger partial charge in [0.25, 0.3) is 0 Å². The number of nitrogens with zero attached hydrogens (tertiary/aromatic N) is 1. The molecule has 1 N–H and O–H groups in total. The molecule has 1 fully saturated rings. The quantitative estimate of drug-likeness (QED) is 0.785. The first-order valence-electron chi connectivity index (χ1n) is 6.44. The molecule has 1 heterocycles. The van der Waals surface area contributed by atoms with E-state index >= 15 is 0 Å². The van der Waals surface area contributed by atoms with E-state index in [0.29, 0.717) is 5.92 Å². The van der Waals surface area contributed by atoms with Crippen LogP contribution in [0, 0.1) is 5.92 Å². The molecule has 0 aromatic rings. The fourth-order valence-corrected chi connectivity index (χ4v) is 2.34. The van der Waals surface area contributed by atoms with E-state index in [4.69, 9.17) is 0 Å². The molecule has 0 bridgehead atoms. The molecule has 2 unspecified atom stereocenters. The molecule has 0 aliphatic carbocycles. The van der Waals surface area contributed by atoms with Crippen molar-refractivity contribution in [2.75, 3.05) is 13.6 Å². The summed E-state index contributed by atoms with van der Waals surface area (Å²) in [5.74, 6) is 0.548. The van der Waals surface area contributed by atoms with E-state index in [-0.39, 0.29) is 23.8 Å². The number of hydrogen-bond acceptors (Lipinski definition) is 3. The third kappa shape index (κ3) is 3.80. The van der Waals surface area contributed by atoms with Gasteiger partial charge in [0.2, 0.25) is 5.91 Å². The highest BCUT2D eigenvalue weighted by molar-refractivity contribution is 5.89. The Kier molecular flexibility index (Phi) is 5.12. The summed E-state index contributed by atoms with van der Waals surface area (Å²) < 4.78 is 0. The predicted octanol–water partition coefficient (Wildman–Crippen LogP) is 1.20. The summed E-state index contributed by atoms with van der Waals surface area (Å²) in [6, 6.07) is -0.362. The zero-order chi connectivity index (χ0) is 13.0. The number of carbonyl (C=O) groups is 2. The molecule has 0 saturated carbocycles. The van der Waals surface area contributed by atoms with Crippen molar-refractivity contribution < 1.29 is 9.59 Å². The number of carbonyl (C=O) groups excluding carboxylic acids is 2. The normalized spacial score (nSPS) is 21.6. The fourth-order valence-electron chi connectivity index (χ4n) is 2.34. The highest BCUT2D eigenvalue weighted by atomic mass is 16.2. The largest absolute Gasteiger partial charge is 0.334 e. The smallest absolute Gasteiger partial charge is 0.240 e. The van der Waals surface area contributed by atoms with Gasteiger partial charge in [-0.25, -0.2) is 0 Å². The minimum absolute atomic E-state index is 0.0587.